The van der Waals surface area contributed by atoms with Crippen LogP contribution in [-0.4, -0.2) is 24.8 Å². The number of esters is 2. The first-order valence-corrected chi connectivity index (χ1v) is 9.30. The molecule has 1 saturated heterocycles. The minimum absolute atomic E-state index is 0.163. The molecule has 0 radical (unpaired) electrons. The summed E-state index contributed by atoms with van der Waals surface area (Å²) >= 11 is 3.38. The van der Waals surface area contributed by atoms with E-state index in [0.29, 0.717) is 17.1 Å². The zero-order chi connectivity index (χ0) is 20.3. The fraction of sp³-hybridized carbons (Fsp3) is 0.238. The standard InChI is InChI=1S/C21H19BrO6/c1-21(2)27-19(23)17(20(24)28-21)11-13-4-9-18(25-3)14(10-13)12-26-16-7-5-15(22)6-8-16/h4-11H,12H2,1-3H3. The Hall–Kier alpha value is -2.80. The molecule has 0 aromatic heterocycles. The van der Waals surface area contributed by atoms with E-state index in [1.807, 2.05) is 24.3 Å². The van der Waals surface area contributed by atoms with E-state index in [2.05, 4.69) is 15.9 Å². The largest absolute Gasteiger partial charge is 0.496 e. The molecular formula is C21H19BrO6. The highest BCUT2D eigenvalue weighted by molar-refractivity contribution is 9.10. The third-order valence-corrected chi connectivity index (χ3v) is 4.47. The smallest absolute Gasteiger partial charge is 0.348 e. The van der Waals surface area contributed by atoms with Crippen LogP contribution in [0, 0.1) is 0 Å². The summed E-state index contributed by atoms with van der Waals surface area (Å²) < 4.78 is 22.4. The van der Waals surface area contributed by atoms with Gasteiger partial charge in [-0.2, -0.15) is 0 Å². The Morgan fingerprint density at radius 3 is 2.29 bits per heavy atom. The fourth-order valence-corrected chi connectivity index (χ4v) is 2.90. The molecule has 0 unspecified atom stereocenters. The van der Waals surface area contributed by atoms with Gasteiger partial charge in [0.15, 0.2) is 0 Å². The predicted octanol–water partition coefficient (Wildman–Crippen LogP) is 4.26. The first-order valence-electron chi connectivity index (χ1n) is 8.51. The van der Waals surface area contributed by atoms with E-state index in [4.69, 9.17) is 18.9 Å². The van der Waals surface area contributed by atoms with E-state index < -0.39 is 17.7 Å². The molecule has 3 rings (SSSR count). The van der Waals surface area contributed by atoms with Gasteiger partial charge < -0.3 is 18.9 Å². The van der Waals surface area contributed by atoms with Crippen molar-refractivity contribution in [2.75, 3.05) is 7.11 Å². The van der Waals surface area contributed by atoms with Crippen molar-refractivity contribution < 1.29 is 28.5 Å². The van der Waals surface area contributed by atoms with Crippen LogP contribution in [0.4, 0.5) is 0 Å². The van der Waals surface area contributed by atoms with Gasteiger partial charge in [0.2, 0.25) is 0 Å². The molecule has 1 fully saturated rings. The first kappa shape index (κ1) is 19.9. The molecule has 146 valence electrons. The first-order chi connectivity index (χ1) is 13.3. The maximum Gasteiger partial charge on any atom is 0.348 e. The molecule has 1 aliphatic heterocycles. The SMILES string of the molecule is COc1ccc(C=C2C(=O)OC(C)(C)OC2=O)cc1COc1ccc(Br)cc1. The molecule has 28 heavy (non-hydrogen) atoms. The third kappa shape index (κ3) is 4.72. The zero-order valence-corrected chi connectivity index (χ0v) is 17.2. The van der Waals surface area contributed by atoms with Crippen LogP contribution < -0.4 is 9.47 Å². The topological polar surface area (TPSA) is 71.1 Å². The fourth-order valence-electron chi connectivity index (χ4n) is 2.64. The molecule has 0 N–H and O–H groups in total. The number of benzene rings is 2. The molecule has 0 aliphatic carbocycles. The van der Waals surface area contributed by atoms with Gasteiger partial charge >= 0.3 is 11.9 Å². The molecule has 7 heteroatoms. The maximum absolute atomic E-state index is 12.1. The normalized spacial score (nSPS) is 15.5. The predicted molar refractivity (Wildman–Crippen MR) is 106 cm³/mol. The molecule has 0 spiro atoms. The molecule has 1 heterocycles. The quantitative estimate of drug-likeness (QED) is 0.388. The van der Waals surface area contributed by atoms with E-state index in [-0.39, 0.29) is 12.2 Å². The van der Waals surface area contributed by atoms with Crippen molar-refractivity contribution in [3.05, 3.63) is 63.6 Å². The van der Waals surface area contributed by atoms with Gasteiger partial charge in [0.1, 0.15) is 23.7 Å². The Balaban J connectivity index is 1.83. The highest BCUT2D eigenvalue weighted by atomic mass is 79.9. The second kappa shape index (κ2) is 8.06. The lowest BCUT2D eigenvalue weighted by Crippen LogP contribution is -2.41. The van der Waals surface area contributed by atoms with Crippen LogP contribution in [0.1, 0.15) is 25.0 Å². The summed E-state index contributed by atoms with van der Waals surface area (Å²) in [5.41, 5.74) is 1.22. The lowest BCUT2D eigenvalue weighted by molar-refractivity contribution is -0.222. The highest BCUT2D eigenvalue weighted by Crippen LogP contribution is 2.27. The van der Waals surface area contributed by atoms with E-state index in [1.54, 1.807) is 25.3 Å². The summed E-state index contributed by atoms with van der Waals surface area (Å²) in [4.78, 5) is 24.3. The summed E-state index contributed by atoms with van der Waals surface area (Å²) in [6.45, 7) is 3.26. The summed E-state index contributed by atoms with van der Waals surface area (Å²) in [7, 11) is 1.56. The number of hydrogen-bond donors (Lipinski definition) is 0. The summed E-state index contributed by atoms with van der Waals surface area (Å²) in [6, 6.07) is 12.7. The minimum atomic E-state index is -1.27. The number of halogens is 1. The highest BCUT2D eigenvalue weighted by Gasteiger charge is 2.38. The molecule has 0 atom stereocenters. The van der Waals surface area contributed by atoms with Crippen LogP contribution >= 0.6 is 15.9 Å². The van der Waals surface area contributed by atoms with Crippen LogP contribution in [0.3, 0.4) is 0 Å². The second-order valence-electron chi connectivity index (χ2n) is 6.55. The van der Waals surface area contributed by atoms with Crippen molar-refractivity contribution in [3.8, 4) is 11.5 Å². The Bertz CT molecular complexity index is 908. The average Bonchev–Trinajstić information content (AvgIpc) is 2.63. The minimum Gasteiger partial charge on any atom is -0.496 e. The van der Waals surface area contributed by atoms with Gasteiger partial charge in [0, 0.05) is 23.9 Å². The molecule has 6 nitrogen and oxygen atoms in total. The average molecular weight is 447 g/mol. The zero-order valence-electron chi connectivity index (χ0n) is 15.7. The summed E-state index contributed by atoms with van der Waals surface area (Å²) in [5, 5.41) is 0. The van der Waals surface area contributed by atoms with Crippen LogP contribution in [0.2, 0.25) is 0 Å². The number of carbonyl (C=O) groups excluding carboxylic acids is 2. The number of methoxy groups -OCH3 is 1. The molecular weight excluding hydrogens is 428 g/mol. The van der Waals surface area contributed by atoms with Gasteiger partial charge in [0.05, 0.1) is 7.11 Å². The molecule has 0 saturated carbocycles. The van der Waals surface area contributed by atoms with E-state index >= 15 is 0 Å². The van der Waals surface area contributed by atoms with Crippen LogP contribution in [0.15, 0.2) is 52.5 Å². The molecule has 1 aliphatic rings. The Labute approximate surface area is 171 Å². The van der Waals surface area contributed by atoms with Crippen LogP contribution in [0.5, 0.6) is 11.5 Å². The van der Waals surface area contributed by atoms with E-state index in [0.717, 1.165) is 10.0 Å². The van der Waals surface area contributed by atoms with Gasteiger partial charge in [-0.1, -0.05) is 22.0 Å². The van der Waals surface area contributed by atoms with Crippen LogP contribution in [0.25, 0.3) is 6.08 Å². The van der Waals surface area contributed by atoms with Crippen molar-refractivity contribution in [1.29, 1.82) is 0 Å². The Kier molecular flexibility index (Phi) is 5.74. The molecule has 0 bridgehead atoms. The van der Waals surface area contributed by atoms with Crippen molar-refractivity contribution >= 4 is 33.9 Å². The van der Waals surface area contributed by atoms with Crippen molar-refractivity contribution in [2.24, 2.45) is 0 Å². The van der Waals surface area contributed by atoms with Gasteiger partial charge in [0.25, 0.3) is 5.79 Å². The van der Waals surface area contributed by atoms with Crippen molar-refractivity contribution in [1.82, 2.24) is 0 Å². The number of cyclic esters (lactones) is 2. The Morgan fingerprint density at radius 2 is 1.68 bits per heavy atom. The number of carbonyl (C=O) groups is 2. The Morgan fingerprint density at radius 1 is 1.04 bits per heavy atom. The molecule has 2 aromatic rings. The summed E-state index contributed by atoms with van der Waals surface area (Å²) in [6.07, 6.45) is 1.43. The monoisotopic (exact) mass is 446 g/mol. The van der Waals surface area contributed by atoms with Crippen molar-refractivity contribution in [3.63, 3.8) is 0 Å². The lowest BCUT2D eigenvalue weighted by Gasteiger charge is -2.29. The number of ether oxygens (including phenoxy) is 4. The lowest BCUT2D eigenvalue weighted by atomic mass is 10.1. The summed E-state index contributed by atoms with van der Waals surface area (Å²) in [5.74, 6) is -1.37. The van der Waals surface area contributed by atoms with Gasteiger partial charge in [-0.3, -0.25) is 0 Å². The maximum atomic E-state index is 12.1. The number of hydrogen-bond acceptors (Lipinski definition) is 6. The van der Waals surface area contributed by atoms with Gasteiger partial charge in [-0.05, 0) is 48.0 Å². The second-order valence-corrected chi connectivity index (χ2v) is 7.47. The van der Waals surface area contributed by atoms with Gasteiger partial charge in [-0.25, -0.2) is 9.59 Å². The number of rotatable bonds is 5. The molecule has 0 amide bonds. The third-order valence-electron chi connectivity index (χ3n) is 3.94. The van der Waals surface area contributed by atoms with Crippen LogP contribution in [-0.2, 0) is 25.7 Å². The van der Waals surface area contributed by atoms with Crippen molar-refractivity contribution in [2.45, 2.75) is 26.2 Å². The van der Waals surface area contributed by atoms with E-state index in [1.165, 1.54) is 19.9 Å². The van der Waals surface area contributed by atoms with E-state index in [9.17, 15) is 9.59 Å². The molecule has 2 aromatic carbocycles. The van der Waals surface area contributed by atoms with Gasteiger partial charge in [-0.15, -0.1) is 0 Å².